The molecule has 1 aromatic heterocycles. The van der Waals surface area contributed by atoms with E-state index in [0.29, 0.717) is 6.54 Å². The van der Waals surface area contributed by atoms with Crippen molar-refractivity contribution in [3.05, 3.63) is 102 Å². The predicted octanol–water partition coefficient (Wildman–Crippen LogP) is 5.10. The highest BCUT2D eigenvalue weighted by atomic mass is 32.2. The van der Waals surface area contributed by atoms with Crippen molar-refractivity contribution in [1.82, 2.24) is 10.3 Å². The highest BCUT2D eigenvalue weighted by Crippen LogP contribution is 2.30. The summed E-state index contributed by atoms with van der Waals surface area (Å²) < 4.78 is 0. The molecule has 0 bridgehead atoms. The fourth-order valence-corrected chi connectivity index (χ4v) is 4.55. The standard InChI is InChI=1S/C27H27N3O2S/c1-19-8-7-11-21(14-19)30-27(32)18-33-17-26(31)29-15-23(20-9-3-2-4-10-20)24-16-28-25-13-6-5-12-22(24)25/h2-14,16,23,28H,15,17-18H2,1H3,(H,29,31)(H,30,32). The Labute approximate surface area is 198 Å². The first-order chi connectivity index (χ1) is 16.1. The number of thioether (sulfide) groups is 1. The minimum absolute atomic E-state index is 0.0286. The van der Waals surface area contributed by atoms with Gasteiger partial charge in [-0.05, 0) is 41.8 Å². The Hall–Kier alpha value is -3.51. The molecular formula is C27H27N3O2S. The maximum atomic E-state index is 12.5. The summed E-state index contributed by atoms with van der Waals surface area (Å²) in [7, 11) is 0. The van der Waals surface area contributed by atoms with Crippen LogP contribution in [-0.4, -0.2) is 34.8 Å². The first kappa shape index (κ1) is 22.7. The number of aryl methyl sites for hydroxylation is 1. The molecule has 1 atom stereocenters. The lowest BCUT2D eigenvalue weighted by atomic mass is 9.91. The number of rotatable bonds is 9. The van der Waals surface area contributed by atoms with Gasteiger partial charge in [-0.25, -0.2) is 0 Å². The third-order valence-corrected chi connectivity index (χ3v) is 6.40. The first-order valence-electron chi connectivity index (χ1n) is 10.9. The molecule has 0 saturated carbocycles. The number of benzene rings is 3. The second-order valence-electron chi connectivity index (χ2n) is 7.97. The molecule has 2 amide bonds. The lowest BCUT2D eigenvalue weighted by Gasteiger charge is -2.18. The highest BCUT2D eigenvalue weighted by molar-refractivity contribution is 8.00. The zero-order valence-corrected chi connectivity index (χ0v) is 19.3. The Morgan fingerprint density at radius 2 is 1.67 bits per heavy atom. The van der Waals surface area contributed by atoms with Crippen molar-refractivity contribution in [3.63, 3.8) is 0 Å². The number of H-pyrrole nitrogens is 1. The number of carbonyl (C=O) groups excluding carboxylic acids is 2. The zero-order chi connectivity index (χ0) is 23.0. The Balaban J connectivity index is 1.33. The molecule has 1 unspecified atom stereocenters. The largest absolute Gasteiger partial charge is 0.361 e. The van der Waals surface area contributed by atoms with Gasteiger partial charge in [0.1, 0.15) is 0 Å². The number of carbonyl (C=O) groups is 2. The van der Waals surface area contributed by atoms with Gasteiger partial charge in [0.25, 0.3) is 0 Å². The minimum atomic E-state index is -0.112. The average Bonchev–Trinajstić information content (AvgIpc) is 3.24. The van der Waals surface area contributed by atoms with E-state index in [4.69, 9.17) is 0 Å². The smallest absolute Gasteiger partial charge is 0.234 e. The summed E-state index contributed by atoms with van der Waals surface area (Å²) >= 11 is 1.31. The van der Waals surface area contributed by atoms with E-state index >= 15 is 0 Å². The second kappa shape index (κ2) is 10.9. The summed E-state index contributed by atoms with van der Waals surface area (Å²) in [5.41, 5.74) is 5.24. The molecule has 3 aromatic carbocycles. The molecule has 0 aliphatic rings. The number of hydrogen-bond acceptors (Lipinski definition) is 3. The summed E-state index contributed by atoms with van der Waals surface area (Å²) in [5.74, 6) is 0.298. The van der Waals surface area contributed by atoms with E-state index in [1.807, 2.05) is 67.7 Å². The SMILES string of the molecule is Cc1cccc(NC(=O)CSCC(=O)NCC(c2ccccc2)c2c[nH]c3ccccc23)c1. The van der Waals surface area contributed by atoms with E-state index in [-0.39, 0.29) is 29.2 Å². The quantitative estimate of drug-likeness (QED) is 0.328. The van der Waals surface area contributed by atoms with Crippen LogP contribution in [0.3, 0.4) is 0 Å². The van der Waals surface area contributed by atoms with Crippen LogP contribution in [0.5, 0.6) is 0 Å². The van der Waals surface area contributed by atoms with Crippen LogP contribution in [0.2, 0.25) is 0 Å². The van der Waals surface area contributed by atoms with Gasteiger partial charge >= 0.3 is 0 Å². The van der Waals surface area contributed by atoms with E-state index in [1.54, 1.807) is 0 Å². The van der Waals surface area contributed by atoms with Crippen LogP contribution in [0.15, 0.2) is 85.1 Å². The van der Waals surface area contributed by atoms with Crippen molar-refractivity contribution < 1.29 is 9.59 Å². The lowest BCUT2D eigenvalue weighted by Crippen LogP contribution is -2.30. The maximum absolute atomic E-state index is 12.5. The van der Waals surface area contributed by atoms with Gasteiger partial charge < -0.3 is 15.6 Å². The molecule has 4 aromatic rings. The average molecular weight is 458 g/mol. The Morgan fingerprint density at radius 3 is 2.48 bits per heavy atom. The number of nitrogens with one attached hydrogen (secondary N) is 3. The molecule has 0 radical (unpaired) electrons. The molecular weight excluding hydrogens is 430 g/mol. The topological polar surface area (TPSA) is 74.0 Å². The molecule has 168 valence electrons. The monoisotopic (exact) mass is 457 g/mol. The maximum Gasteiger partial charge on any atom is 0.234 e. The number of amides is 2. The molecule has 4 rings (SSSR count). The van der Waals surface area contributed by atoms with Crippen LogP contribution in [0.4, 0.5) is 5.69 Å². The van der Waals surface area contributed by atoms with Gasteiger partial charge in [-0.2, -0.15) is 0 Å². The van der Waals surface area contributed by atoms with E-state index < -0.39 is 0 Å². The van der Waals surface area contributed by atoms with E-state index in [1.165, 1.54) is 11.8 Å². The molecule has 0 saturated heterocycles. The summed E-state index contributed by atoms with van der Waals surface area (Å²) in [6.07, 6.45) is 2.03. The number of aromatic amines is 1. The number of aromatic nitrogens is 1. The van der Waals surface area contributed by atoms with Gasteiger partial charge in [0.2, 0.25) is 11.8 Å². The van der Waals surface area contributed by atoms with E-state index in [2.05, 4.69) is 39.9 Å². The van der Waals surface area contributed by atoms with Gasteiger partial charge in [0.05, 0.1) is 11.5 Å². The first-order valence-corrected chi connectivity index (χ1v) is 12.1. The van der Waals surface area contributed by atoms with Crippen molar-refractivity contribution in [1.29, 1.82) is 0 Å². The molecule has 5 nitrogen and oxygen atoms in total. The van der Waals surface area contributed by atoms with Gasteiger partial charge in [0.15, 0.2) is 0 Å². The Bertz CT molecular complexity index is 1240. The molecule has 0 aliphatic carbocycles. The van der Waals surface area contributed by atoms with Crippen LogP contribution in [0.25, 0.3) is 10.9 Å². The van der Waals surface area contributed by atoms with Crippen molar-refractivity contribution in [2.24, 2.45) is 0 Å². The third-order valence-electron chi connectivity index (χ3n) is 5.47. The molecule has 3 N–H and O–H groups in total. The second-order valence-corrected chi connectivity index (χ2v) is 8.95. The van der Waals surface area contributed by atoms with Crippen molar-refractivity contribution in [2.45, 2.75) is 12.8 Å². The summed E-state index contributed by atoms with van der Waals surface area (Å²) in [6.45, 7) is 2.47. The molecule has 1 heterocycles. The van der Waals surface area contributed by atoms with Gasteiger partial charge in [-0.15, -0.1) is 11.8 Å². The molecule has 6 heteroatoms. The number of fused-ring (bicyclic) bond motifs is 1. The normalized spacial score (nSPS) is 11.8. The van der Waals surface area contributed by atoms with Crippen LogP contribution in [0, 0.1) is 6.92 Å². The summed E-state index contributed by atoms with van der Waals surface area (Å²) in [6, 6.07) is 26.0. The van der Waals surface area contributed by atoms with Crippen LogP contribution < -0.4 is 10.6 Å². The van der Waals surface area contributed by atoms with Crippen LogP contribution >= 0.6 is 11.8 Å². The van der Waals surface area contributed by atoms with Crippen LogP contribution in [0.1, 0.15) is 22.6 Å². The number of para-hydroxylation sites is 1. The highest BCUT2D eigenvalue weighted by Gasteiger charge is 2.19. The Morgan fingerprint density at radius 1 is 0.909 bits per heavy atom. The molecule has 0 spiro atoms. The van der Waals surface area contributed by atoms with Gasteiger partial charge in [0, 0.05) is 35.2 Å². The van der Waals surface area contributed by atoms with E-state index in [9.17, 15) is 9.59 Å². The van der Waals surface area contributed by atoms with Crippen LogP contribution in [-0.2, 0) is 9.59 Å². The number of anilines is 1. The molecule has 0 aliphatic heterocycles. The fourth-order valence-electron chi connectivity index (χ4n) is 3.90. The van der Waals surface area contributed by atoms with Gasteiger partial charge in [-0.3, -0.25) is 9.59 Å². The van der Waals surface area contributed by atoms with Crippen molar-refractivity contribution in [3.8, 4) is 0 Å². The Kier molecular flexibility index (Phi) is 7.47. The fraction of sp³-hybridized carbons (Fsp3) is 0.185. The van der Waals surface area contributed by atoms with Crippen molar-refractivity contribution >= 4 is 40.2 Å². The molecule has 0 fully saturated rings. The minimum Gasteiger partial charge on any atom is -0.361 e. The zero-order valence-electron chi connectivity index (χ0n) is 18.5. The lowest BCUT2D eigenvalue weighted by molar-refractivity contribution is -0.118. The third kappa shape index (κ3) is 6.05. The number of hydrogen-bond donors (Lipinski definition) is 3. The predicted molar refractivity (Wildman–Crippen MR) is 137 cm³/mol. The molecule has 33 heavy (non-hydrogen) atoms. The summed E-state index contributed by atoms with van der Waals surface area (Å²) in [4.78, 5) is 28.0. The van der Waals surface area contributed by atoms with E-state index in [0.717, 1.165) is 33.3 Å². The van der Waals surface area contributed by atoms with Crippen molar-refractivity contribution in [2.75, 3.05) is 23.4 Å². The van der Waals surface area contributed by atoms with Gasteiger partial charge in [-0.1, -0.05) is 60.7 Å². The summed E-state index contributed by atoms with van der Waals surface area (Å²) in [5, 5.41) is 7.08.